The number of carbonyl (C=O) groups excluding carboxylic acids is 2. The molecule has 0 fully saturated rings. The van der Waals surface area contributed by atoms with Gasteiger partial charge >= 0.3 is 11.9 Å². The summed E-state index contributed by atoms with van der Waals surface area (Å²) in [5, 5.41) is 9.49. The van der Waals surface area contributed by atoms with Crippen LogP contribution >= 0.6 is 11.8 Å². The van der Waals surface area contributed by atoms with E-state index in [-0.39, 0.29) is 18.0 Å². The molecule has 0 aromatic carbocycles. The van der Waals surface area contributed by atoms with Crippen LogP contribution in [-0.4, -0.2) is 142 Å². The van der Waals surface area contributed by atoms with Crippen LogP contribution in [0.5, 0.6) is 0 Å². The molecular weight excluding hydrogens is 638 g/mol. The number of rotatable bonds is 29. The second-order valence-electron chi connectivity index (χ2n) is 10.9. The molecule has 2 heterocycles. The van der Waals surface area contributed by atoms with Gasteiger partial charge in [0.2, 0.25) is 0 Å². The number of pyridine rings is 2. The molecule has 3 N–H and O–H groups in total. The van der Waals surface area contributed by atoms with E-state index in [0.717, 1.165) is 37.4 Å². The molecular formula is C34H55N5O8S. The zero-order chi connectivity index (χ0) is 34.7. The lowest BCUT2D eigenvalue weighted by Gasteiger charge is -2.22. The number of carbonyl (C=O) groups is 2. The highest BCUT2D eigenvalue weighted by atomic mass is 32.2. The maximum absolute atomic E-state index is 12.0. The number of hydrogen-bond donors (Lipinski definition) is 2. The van der Waals surface area contributed by atoms with Gasteiger partial charge in [-0.1, -0.05) is 18.6 Å². The third-order valence-electron chi connectivity index (χ3n) is 7.19. The Morgan fingerprint density at radius 2 is 1.19 bits per heavy atom. The second-order valence-corrected chi connectivity index (χ2v) is 12.2. The smallest absolute Gasteiger partial charge is 0.356 e. The molecule has 13 nitrogen and oxygen atoms in total. The van der Waals surface area contributed by atoms with E-state index in [1.54, 1.807) is 18.2 Å². The SMILES string of the molecule is COC(=O)c1cccc(CN(CCO)CCOCCOCCN(CCOCCCSCCCCCN)Cc2cccc(C(=O)OC)n2)n1. The first-order valence-electron chi connectivity index (χ1n) is 16.7. The van der Waals surface area contributed by atoms with Crippen molar-refractivity contribution in [3.8, 4) is 0 Å². The molecule has 0 spiro atoms. The van der Waals surface area contributed by atoms with Crippen molar-refractivity contribution in [2.24, 2.45) is 5.73 Å². The van der Waals surface area contributed by atoms with Crippen LogP contribution in [0.2, 0.25) is 0 Å². The van der Waals surface area contributed by atoms with E-state index in [1.165, 1.54) is 32.8 Å². The average Bonchev–Trinajstić information content (AvgIpc) is 3.11. The van der Waals surface area contributed by atoms with Gasteiger partial charge in [0, 0.05) is 45.9 Å². The number of thioether (sulfide) groups is 1. The van der Waals surface area contributed by atoms with Crippen LogP contribution < -0.4 is 5.73 Å². The second kappa shape index (κ2) is 27.2. The van der Waals surface area contributed by atoms with Gasteiger partial charge in [0.1, 0.15) is 11.4 Å². The van der Waals surface area contributed by atoms with Crippen LogP contribution in [0.4, 0.5) is 0 Å². The first kappa shape index (κ1) is 41.5. The number of nitrogens with zero attached hydrogens (tertiary/aromatic N) is 4. The first-order valence-corrected chi connectivity index (χ1v) is 17.8. The molecule has 0 amide bonds. The summed E-state index contributed by atoms with van der Waals surface area (Å²) < 4.78 is 27.1. The van der Waals surface area contributed by atoms with Crippen LogP contribution in [0.25, 0.3) is 0 Å². The fourth-order valence-corrected chi connectivity index (χ4v) is 5.54. The van der Waals surface area contributed by atoms with Gasteiger partial charge < -0.3 is 34.5 Å². The minimum absolute atomic E-state index is 0.00111. The first-order chi connectivity index (χ1) is 23.5. The fraction of sp³-hybridized carbons (Fsp3) is 0.647. The number of nitrogens with two attached hydrogens (primary N) is 1. The van der Waals surface area contributed by atoms with Crippen molar-refractivity contribution >= 4 is 23.7 Å². The molecule has 0 aliphatic heterocycles. The Balaban J connectivity index is 1.71. The van der Waals surface area contributed by atoms with Crippen molar-refractivity contribution in [3.05, 3.63) is 59.2 Å². The minimum Gasteiger partial charge on any atom is -0.464 e. The predicted molar refractivity (Wildman–Crippen MR) is 186 cm³/mol. The van der Waals surface area contributed by atoms with E-state index in [0.29, 0.717) is 78.0 Å². The monoisotopic (exact) mass is 693 g/mol. The number of esters is 2. The molecule has 0 unspecified atom stereocenters. The van der Waals surface area contributed by atoms with E-state index in [9.17, 15) is 14.7 Å². The van der Waals surface area contributed by atoms with E-state index in [4.69, 9.17) is 29.4 Å². The van der Waals surface area contributed by atoms with Gasteiger partial charge in [0.25, 0.3) is 0 Å². The van der Waals surface area contributed by atoms with Crippen LogP contribution in [0.1, 0.15) is 58.0 Å². The highest BCUT2D eigenvalue weighted by Crippen LogP contribution is 2.09. The van der Waals surface area contributed by atoms with Gasteiger partial charge in [0.15, 0.2) is 0 Å². The zero-order valence-electron chi connectivity index (χ0n) is 28.7. The molecule has 0 saturated heterocycles. The summed E-state index contributed by atoms with van der Waals surface area (Å²) in [5.41, 5.74) is 7.56. The van der Waals surface area contributed by atoms with Gasteiger partial charge in [-0.25, -0.2) is 19.6 Å². The van der Waals surface area contributed by atoms with Crippen molar-refractivity contribution in [1.29, 1.82) is 0 Å². The van der Waals surface area contributed by atoms with E-state index >= 15 is 0 Å². The molecule has 14 heteroatoms. The molecule has 48 heavy (non-hydrogen) atoms. The highest BCUT2D eigenvalue weighted by Gasteiger charge is 2.13. The van der Waals surface area contributed by atoms with Crippen molar-refractivity contribution in [1.82, 2.24) is 19.8 Å². The number of aromatic nitrogens is 2. The lowest BCUT2D eigenvalue weighted by molar-refractivity contribution is 0.0244. The molecule has 2 aromatic heterocycles. The Labute approximate surface area is 289 Å². The topological polar surface area (TPSA) is 159 Å². The summed E-state index contributed by atoms with van der Waals surface area (Å²) in [4.78, 5) is 36.8. The fourth-order valence-electron chi connectivity index (χ4n) is 4.61. The van der Waals surface area contributed by atoms with Crippen molar-refractivity contribution in [2.75, 3.05) is 105 Å². The molecule has 0 aliphatic rings. The Morgan fingerprint density at radius 3 is 1.69 bits per heavy atom. The standard InChI is InChI=1S/C34H55N5O8S/c1-43-33(41)31-11-6-9-29(36-31)27-38(14-18-40)15-21-46-23-24-47-22-17-39(28-30-10-7-12-32(37-30)34(42)44-2)16-20-45-19-8-26-48-25-5-3-4-13-35/h6-7,9-12,40H,3-5,8,13-28,35H2,1-2H3. The number of unbranched alkanes of at least 4 members (excludes halogenated alkanes) is 2. The number of aliphatic hydroxyl groups excluding tert-OH is 1. The van der Waals surface area contributed by atoms with Crippen molar-refractivity contribution in [3.63, 3.8) is 0 Å². The normalized spacial score (nSPS) is 11.4. The van der Waals surface area contributed by atoms with Crippen LogP contribution in [0, 0.1) is 0 Å². The van der Waals surface area contributed by atoms with Crippen molar-refractivity contribution in [2.45, 2.75) is 38.8 Å². The lowest BCUT2D eigenvalue weighted by atomic mass is 10.2. The summed E-state index contributed by atoms with van der Waals surface area (Å²) in [6.07, 6.45) is 4.53. The molecule has 2 rings (SSSR count). The Bertz CT molecular complexity index is 1150. The quantitative estimate of drug-likeness (QED) is 0.0946. The van der Waals surface area contributed by atoms with E-state index in [2.05, 4.69) is 14.9 Å². The number of hydrogen-bond acceptors (Lipinski definition) is 14. The van der Waals surface area contributed by atoms with E-state index in [1.807, 2.05) is 34.9 Å². The molecule has 0 aliphatic carbocycles. The zero-order valence-corrected chi connectivity index (χ0v) is 29.5. The van der Waals surface area contributed by atoms with Crippen LogP contribution in [0.15, 0.2) is 36.4 Å². The van der Waals surface area contributed by atoms with Crippen LogP contribution in [-0.2, 0) is 36.8 Å². The Kier molecular flexibility index (Phi) is 23.5. The summed E-state index contributed by atoms with van der Waals surface area (Å²) in [7, 11) is 2.67. The maximum Gasteiger partial charge on any atom is 0.356 e. The third-order valence-corrected chi connectivity index (χ3v) is 8.34. The third kappa shape index (κ3) is 18.7. The summed E-state index contributed by atoms with van der Waals surface area (Å²) in [6.45, 7) is 7.33. The summed E-state index contributed by atoms with van der Waals surface area (Å²) in [6, 6.07) is 10.5. The average molecular weight is 694 g/mol. The van der Waals surface area contributed by atoms with Gasteiger partial charge in [-0.05, 0) is 61.6 Å². The van der Waals surface area contributed by atoms with Gasteiger partial charge in [-0.15, -0.1) is 0 Å². The van der Waals surface area contributed by atoms with Crippen molar-refractivity contribution < 1.29 is 38.4 Å². The highest BCUT2D eigenvalue weighted by molar-refractivity contribution is 7.99. The number of aliphatic hydroxyl groups is 1. The number of ether oxygens (including phenoxy) is 5. The Hall–Kier alpha value is -2.69. The minimum atomic E-state index is -0.486. The van der Waals surface area contributed by atoms with Gasteiger partial charge in [-0.3, -0.25) is 9.80 Å². The lowest BCUT2D eigenvalue weighted by Crippen LogP contribution is -2.32. The molecule has 270 valence electrons. The molecule has 0 saturated carbocycles. The van der Waals surface area contributed by atoms with Gasteiger partial charge in [-0.2, -0.15) is 11.8 Å². The Morgan fingerprint density at radius 1 is 0.688 bits per heavy atom. The molecule has 2 aromatic rings. The summed E-state index contributed by atoms with van der Waals surface area (Å²) >= 11 is 1.97. The van der Waals surface area contributed by atoms with E-state index < -0.39 is 11.9 Å². The maximum atomic E-state index is 12.0. The number of methoxy groups -OCH3 is 2. The van der Waals surface area contributed by atoms with Crippen LogP contribution in [0.3, 0.4) is 0 Å². The molecule has 0 atom stereocenters. The molecule has 0 radical (unpaired) electrons. The predicted octanol–water partition coefficient (Wildman–Crippen LogP) is 2.65. The summed E-state index contributed by atoms with van der Waals surface area (Å²) in [5.74, 6) is 1.32. The largest absolute Gasteiger partial charge is 0.464 e. The molecule has 0 bridgehead atoms. The van der Waals surface area contributed by atoms with Gasteiger partial charge in [0.05, 0.1) is 65.2 Å².